The van der Waals surface area contributed by atoms with Gasteiger partial charge in [-0.25, -0.2) is 4.79 Å². The Kier molecular flexibility index (Phi) is 6.61. The third-order valence-corrected chi connectivity index (χ3v) is 4.72. The van der Waals surface area contributed by atoms with Gasteiger partial charge in [0.2, 0.25) is 5.75 Å². The van der Waals surface area contributed by atoms with E-state index in [4.69, 9.17) is 23.4 Å². The summed E-state index contributed by atoms with van der Waals surface area (Å²) in [6.45, 7) is 1.91. The zero-order valence-electron chi connectivity index (χ0n) is 17.4. The van der Waals surface area contributed by atoms with Gasteiger partial charge >= 0.3 is 11.6 Å². The van der Waals surface area contributed by atoms with Gasteiger partial charge in [-0.1, -0.05) is 12.1 Å². The molecule has 1 aromatic heterocycles. The molecule has 0 spiro atoms. The van der Waals surface area contributed by atoms with Crippen LogP contribution in [0, 0.1) is 6.92 Å². The van der Waals surface area contributed by atoms with Crippen molar-refractivity contribution < 1.29 is 28.2 Å². The number of hydrogen-bond acceptors (Lipinski definition) is 7. The predicted octanol–water partition coefficient (Wildman–Crippen LogP) is 3.80. The van der Waals surface area contributed by atoms with Crippen molar-refractivity contribution in [1.82, 2.24) is 0 Å². The third kappa shape index (κ3) is 4.74. The van der Waals surface area contributed by atoms with Crippen molar-refractivity contribution in [2.45, 2.75) is 26.4 Å². The molecule has 0 saturated carbocycles. The summed E-state index contributed by atoms with van der Waals surface area (Å²) in [6, 6.07) is 10.5. The second-order valence-corrected chi connectivity index (χ2v) is 6.78. The van der Waals surface area contributed by atoms with Crippen LogP contribution in [-0.2, 0) is 22.6 Å². The zero-order valence-corrected chi connectivity index (χ0v) is 17.4. The minimum Gasteiger partial charge on any atom is -0.493 e. The molecular weight excluding hydrogens is 388 g/mol. The molecule has 0 unspecified atom stereocenters. The number of esters is 1. The molecule has 158 valence electrons. The van der Waals surface area contributed by atoms with E-state index in [9.17, 15) is 9.59 Å². The molecule has 0 atom stereocenters. The normalized spacial score (nSPS) is 10.7. The van der Waals surface area contributed by atoms with Gasteiger partial charge in [0.15, 0.2) is 11.5 Å². The Morgan fingerprint density at radius 1 is 0.967 bits per heavy atom. The van der Waals surface area contributed by atoms with E-state index in [1.54, 1.807) is 18.2 Å². The second-order valence-electron chi connectivity index (χ2n) is 6.78. The van der Waals surface area contributed by atoms with Crippen LogP contribution < -0.4 is 19.8 Å². The van der Waals surface area contributed by atoms with Crippen LogP contribution in [0.1, 0.15) is 23.1 Å². The van der Waals surface area contributed by atoms with E-state index in [0.29, 0.717) is 34.8 Å². The summed E-state index contributed by atoms with van der Waals surface area (Å²) in [7, 11) is 4.61. The number of methoxy groups -OCH3 is 3. The van der Waals surface area contributed by atoms with E-state index in [1.807, 2.05) is 19.1 Å². The molecule has 0 radical (unpaired) electrons. The molecule has 0 N–H and O–H groups in total. The number of carbonyl (C=O) groups is 1. The van der Waals surface area contributed by atoms with Crippen molar-refractivity contribution in [3.63, 3.8) is 0 Å². The van der Waals surface area contributed by atoms with Crippen LogP contribution in [0.4, 0.5) is 0 Å². The number of ether oxygens (including phenoxy) is 4. The number of hydrogen-bond donors (Lipinski definition) is 0. The Bertz CT molecular complexity index is 1090. The van der Waals surface area contributed by atoms with Crippen LogP contribution in [0.15, 0.2) is 45.6 Å². The second kappa shape index (κ2) is 9.35. The number of benzene rings is 2. The maximum atomic E-state index is 12.3. The van der Waals surface area contributed by atoms with Crippen molar-refractivity contribution in [1.29, 1.82) is 0 Å². The van der Waals surface area contributed by atoms with Crippen LogP contribution in [-0.4, -0.2) is 27.3 Å². The van der Waals surface area contributed by atoms with Gasteiger partial charge in [0.1, 0.15) is 12.2 Å². The van der Waals surface area contributed by atoms with Gasteiger partial charge in [-0.05, 0) is 42.7 Å². The Labute approximate surface area is 174 Å². The smallest absolute Gasteiger partial charge is 0.336 e. The molecule has 0 saturated heterocycles. The number of aryl methyl sites for hydroxylation is 2. The minimum atomic E-state index is -0.475. The standard InChI is InChI=1S/C23H24O7/c1-14-5-7-17-16(12-22(25)30-18(17)9-14)13-29-21(24)8-6-15-10-19(26-2)23(28-4)20(11-15)27-3/h5,7,9-12H,6,8,13H2,1-4H3. The number of fused-ring (bicyclic) bond motifs is 1. The van der Waals surface area contributed by atoms with Crippen LogP contribution in [0.3, 0.4) is 0 Å². The highest BCUT2D eigenvalue weighted by atomic mass is 16.5. The van der Waals surface area contributed by atoms with Gasteiger partial charge in [-0.3, -0.25) is 4.79 Å². The fraction of sp³-hybridized carbons (Fsp3) is 0.304. The van der Waals surface area contributed by atoms with Gasteiger partial charge in [-0.2, -0.15) is 0 Å². The Morgan fingerprint density at radius 2 is 1.67 bits per heavy atom. The Morgan fingerprint density at radius 3 is 2.30 bits per heavy atom. The first-order valence-electron chi connectivity index (χ1n) is 9.43. The number of rotatable bonds is 8. The molecule has 0 amide bonds. The molecule has 2 aromatic carbocycles. The van der Waals surface area contributed by atoms with Crippen molar-refractivity contribution in [3.05, 3.63) is 63.5 Å². The first-order valence-corrected chi connectivity index (χ1v) is 9.43. The third-order valence-electron chi connectivity index (χ3n) is 4.72. The van der Waals surface area contributed by atoms with E-state index < -0.39 is 5.63 Å². The fourth-order valence-corrected chi connectivity index (χ4v) is 3.21. The average molecular weight is 412 g/mol. The zero-order chi connectivity index (χ0) is 21.7. The summed E-state index contributed by atoms with van der Waals surface area (Å²) in [4.78, 5) is 24.1. The summed E-state index contributed by atoms with van der Waals surface area (Å²) in [5.74, 6) is 1.17. The first-order chi connectivity index (χ1) is 14.4. The Hall–Kier alpha value is -3.48. The molecule has 0 aliphatic rings. The minimum absolute atomic E-state index is 0.000745. The Balaban J connectivity index is 1.68. The molecular formula is C23H24O7. The lowest BCUT2D eigenvalue weighted by molar-refractivity contribution is -0.144. The highest BCUT2D eigenvalue weighted by Gasteiger charge is 2.15. The SMILES string of the molecule is COc1cc(CCC(=O)OCc2cc(=O)oc3cc(C)ccc23)cc(OC)c1OC. The van der Waals surface area contributed by atoms with Crippen LogP contribution in [0.25, 0.3) is 11.0 Å². The lowest BCUT2D eigenvalue weighted by Gasteiger charge is -2.14. The van der Waals surface area contributed by atoms with Crippen molar-refractivity contribution in [3.8, 4) is 17.2 Å². The summed E-state index contributed by atoms with van der Waals surface area (Å²) in [5, 5.41) is 0.748. The fourth-order valence-electron chi connectivity index (χ4n) is 3.21. The van der Waals surface area contributed by atoms with Gasteiger partial charge in [0.05, 0.1) is 21.3 Å². The highest BCUT2D eigenvalue weighted by molar-refractivity contribution is 5.81. The molecule has 1 heterocycles. The molecule has 7 heteroatoms. The van der Waals surface area contributed by atoms with Crippen LogP contribution >= 0.6 is 0 Å². The topological polar surface area (TPSA) is 84.2 Å². The highest BCUT2D eigenvalue weighted by Crippen LogP contribution is 2.38. The summed E-state index contributed by atoms with van der Waals surface area (Å²) < 4.78 is 26.6. The van der Waals surface area contributed by atoms with Crippen molar-refractivity contribution >= 4 is 16.9 Å². The van der Waals surface area contributed by atoms with E-state index in [1.165, 1.54) is 27.4 Å². The predicted molar refractivity (Wildman–Crippen MR) is 111 cm³/mol. The lowest BCUT2D eigenvalue weighted by Crippen LogP contribution is -2.08. The lowest BCUT2D eigenvalue weighted by atomic mass is 10.1. The molecule has 3 aromatic rings. The molecule has 0 fully saturated rings. The molecule has 7 nitrogen and oxygen atoms in total. The van der Waals surface area contributed by atoms with Crippen molar-refractivity contribution in [2.24, 2.45) is 0 Å². The molecule has 30 heavy (non-hydrogen) atoms. The molecule has 0 aliphatic heterocycles. The van der Waals surface area contributed by atoms with Gasteiger partial charge in [0, 0.05) is 23.4 Å². The van der Waals surface area contributed by atoms with Gasteiger partial charge < -0.3 is 23.4 Å². The monoisotopic (exact) mass is 412 g/mol. The molecule has 0 aliphatic carbocycles. The average Bonchev–Trinajstić information content (AvgIpc) is 2.74. The van der Waals surface area contributed by atoms with E-state index >= 15 is 0 Å². The molecule has 3 rings (SSSR count). The van der Waals surface area contributed by atoms with E-state index in [2.05, 4.69) is 0 Å². The summed E-state index contributed by atoms with van der Waals surface area (Å²) in [5.41, 5.74) is 2.44. The maximum absolute atomic E-state index is 12.3. The van der Waals surface area contributed by atoms with Gasteiger partial charge in [0.25, 0.3) is 0 Å². The number of carbonyl (C=O) groups excluding carboxylic acids is 1. The summed E-state index contributed by atoms with van der Waals surface area (Å²) >= 11 is 0. The van der Waals surface area contributed by atoms with Gasteiger partial charge in [-0.15, -0.1) is 0 Å². The van der Waals surface area contributed by atoms with E-state index in [-0.39, 0.29) is 19.0 Å². The van der Waals surface area contributed by atoms with Crippen molar-refractivity contribution in [2.75, 3.05) is 21.3 Å². The molecule has 0 bridgehead atoms. The van der Waals surface area contributed by atoms with E-state index in [0.717, 1.165) is 16.5 Å². The van der Waals surface area contributed by atoms with Crippen LogP contribution in [0.2, 0.25) is 0 Å². The quantitative estimate of drug-likeness (QED) is 0.411. The first kappa shape index (κ1) is 21.2. The summed E-state index contributed by atoms with van der Waals surface area (Å²) in [6.07, 6.45) is 0.601. The van der Waals surface area contributed by atoms with Crippen LogP contribution in [0.5, 0.6) is 17.2 Å². The maximum Gasteiger partial charge on any atom is 0.336 e. The largest absolute Gasteiger partial charge is 0.493 e.